The van der Waals surface area contributed by atoms with Gasteiger partial charge in [-0.15, -0.1) is 0 Å². The molecule has 1 aliphatic carbocycles. The van der Waals surface area contributed by atoms with Gasteiger partial charge in [-0.1, -0.05) is 81.6 Å². The van der Waals surface area contributed by atoms with Crippen LogP contribution in [0.15, 0.2) is 54.6 Å². The van der Waals surface area contributed by atoms with Crippen LogP contribution in [0.1, 0.15) is 63.0 Å². The van der Waals surface area contributed by atoms with Crippen molar-refractivity contribution in [2.75, 3.05) is 19.6 Å². The van der Waals surface area contributed by atoms with Crippen LogP contribution in [0, 0.1) is 22.0 Å². The van der Waals surface area contributed by atoms with Gasteiger partial charge in [-0.2, -0.15) is 0 Å². The van der Waals surface area contributed by atoms with Crippen molar-refractivity contribution >= 4 is 11.6 Å². The van der Waals surface area contributed by atoms with Gasteiger partial charge < -0.3 is 4.90 Å². The topological polar surface area (TPSA) is 66.7 Å². The van der Waals surface area contributed by atoms with E-state index in [4.69, 9.17) is 0 Å². The molecule has 6 nitrogen and oxygen atoms in total. The third-order valence-corrected chi connectivity index (χ3v) is 7.55. The Balaban J connectivity index is 1.58. The van der Waals surface area contributed by atoms with Crippen molar-refractivity contribution in [1.29, 1.82) is 0 Å². The molecule has 2 aliphatic rings. The molecule has 0 aromatic heterocycles. The largest absolute Gasteiger partial charge is 0.339 e. The highest BCUT2D eigenvalue weighted by Gasteiger charge is 2.38. The maximum atomic E-state index is 13.3. The highest BCUT2D eigenvalue weighted by atomic mass is 16.6. The Hall–Kier alpha value is -2.73. The van der Waals surface area contributed by atoms with Crippen molar-refractivity contribution in [3.63, 3.8) is 0 Å². The fraction of sp³-hybridized carbons (Fsp3) is 0.536. The van der Waals surface area contributed by atoms with Crippen LogP contribution in [0.4, 0.5) is 5.69 Å². The summed E-state index contributed by atoms with van der Waals surface area (Å²) in [5.41, 5.74) is 2.22. The standard InChI is InChI=1S/C28H37N3O3/c1-21(2)28(32)30(25-14-7-4-8-15-25)19-24-18-29(20-26(24)22-11-5-3-6-12-22)17-23-13-9-10-16-27(23)31(33)34/h3,5-6,9-13,16,21,24-26H,4,7-8,14-15,17-20H2,1-2H3/t24-,26-/m0/s1. The first-order valence-corrected chi connectivity index (χ1v) is 12.7. The lowest BCUT2D eigenvalue weighted by Gasteiger charge is -2.38. The summed E-state index contributed by atoms with van der Waals surface area (Å²) in [5.74, 6) is 0.849. The Morgan fingerprint density at radius 3 is 2.38 bits per heavy atom. The first-order chi connectivity index (χ1) is 16.4. The van der Waals surface area contributed by atoms with E-state index in [0.29, 0.717) is 24.4 Å². The molecule has 182 valence electrons. The molecule has 1 heterocycles. The molecule has 0 unspecified atom stereocenters. The van der Waals surface area contributed by atoms with Crippen molar-refractivity contribution in [3.05, 3.63) is 75.8 Å². The summed E-state index contributed by atoms with van der Waals surface area (Å²) in [5, 5.41) is 11.5. The van der Waals surface area contributed by atoms with E-state index in [1.54, 1.807) is 12.1 Å². The number of likely N-dealkylation sites (tertiary alicyclic amines) is 1. The van der Waals surface area contributed by atoms with Crippen molar-refractivity contribution in [2.24, 2.45) is 11.8 Å². The minimum absolute atomic E-state index is 0.0124. The smallest absolute Gasteiger partial charge is 0.273 e. The van der Waals surface area contributed by atoms with Gasteiger partial charge in [0.25, 0.3) is 5.69 Å². The minimum atomic E-state index is -0.288. The van der Waals surface area contributed by atoms with Crippen LogP contribution in [0.3, 0.4) is 0 Å². The molecule has 1 saturated heterocycles. The summed E-state index contributed by atoms with van der Waals surface area (Å²) in [7, 11) is 0. The Morgan fingerprint density at radius 2 is 1.71 bits per heavy atom. The number of hydrogen-bond acceptors (Lipinski definition) is 4. The quantitative estimate of drug-likeness (QED) is 0.376. The van der Waals surface area contributed by atoms with Crippen LogP contribution < -0.4 is 0 Å². The maximum Gasteiger partial charge on any atom is 0.273 e. The first-order valence-electron chi connectivity index (χ1n) is 12.7. The third kappa shape index (κ3) is 5.66. The Kier molecular flexibility index (Phi) is 7.99. The molecule has 6 heteroatoms. The fourth-order valence-electron chi connectivity index (χ4n) is 5.81. The van der Waals surface area contributed by atoms with Crippen LogP contribution in [-0.4, -0.2) is 46.3 Å². The third-order valence-electron chi connectivity index (χ3n) is 7.55. The van der Waals surface area contributed by atoms with Crippen molar-refractivity contribution in [2.45, 2.75) is 64.5 Å². The summed E-state index contributed by atoms with van der Waals surface area (Å²) in [4.78, 5) is 29.1. The molecular weight excluding hydrogens is 426 g/mol. The van der Waals surface area contributed by atoms with Crippen LogP contribution in [0.5, 0.6) is 0 Å². The summed E-state index contributed by atoms with van der Waals surface area (Å²) in [6.45, 7) is 6.99. The van der Waals surface area contributed by atoms with Gasteiger partial charge >= 0.3 is 0 Å². The molecule has 0 bridgehead atoms. The minimum Gasteiger partial charge on any atom is -0.339 e. The molecule has 0 spiro atoms. The van der Waals surface area contributed by atoms with E-state index in [0.717, 1.165) is 38.0 Å². The number of benzene rings is 2. The molecule has 0 N–H and O–H groups in total. The predicted octanol–water partition coefficient (Wildman–Crippen LogP) is 5.63. The zero-order valence-corrected chi connectivity index (χ0v) is 20.4. The first kappa shape index (κ1) is 24.4. The fourth-order valence-corrected chi connectivity index (χ4v) is 5.81. The van der Waals surface area contributed by atoms with E-state index in [1.165, 1.54) is 24.8 Å². The number of hydrogen-bond donors (Lipinski definition) is 0. The number of rotatable bonds is 8. The van der Waals surface area contributed by atoms with Crippen LogP contribution in [0.25, 0.3) is 0 Å². The Morgan fingerprint density at radius 1 is 1.03 bits per heavy atom. The monoisotopic (exact) mass is 463 g/mol. The SMILES string of the molecule is CC(C)C(=O)N(C[C@@H]1CN(Cc2ccccc2[N+](=O)[O-])C[C@H]1c1ccccc1)C1CCCCC1. The van der Waals surface area contributed by atoms with Gasteiger partial charge in [0.05, 0.1) is 4.92 Å². The highest BCUT2D eigenvalue weighted by molar-refractivity contribution is 5.78. The van der Waals surface area contributed by atoms with Gasteiger partial charge in [0.2, 0.25) is 5.91 Å². The summed E-state index contributed by atoms with van der Waals surface area (Å²) in [6, 6.07) is 17.9. The number of carbonyl (C=O) groups excluding carboxylic acids is 1. The van der Waals surface area contributed by atoms with E-state index in [1.807, 2.05) is 32.0 Å². The van der Waals surface area contributed by atoms with Gasteiger partial charge in [-0.25, -0.2) is 0 Å². The van der Waals surface area contributed by atoms with E-state index in [9.17, 15) is 14.9 Å². The second-order valence-electron chi connectivity index (χ2n) is 10.3. The second kappa shape index (κ2) is 11.1. The number of nitrogens with zero attached hydrogens (tertiary/aromatic N) is 3. The molecule has 1 amide bonds. The van der Waals surface area contributed by atoms with Gasteiger partial charge in [0, 0.05) is 55.7 Å². The molecule has 2 fully saturated rings. The number of para-hydroxylation sites is 1. The molecule has 1 saturated carbocycles. The number of nitro benzene ring substituents is 1. The summed E-state index contributed by atoms with van der Waals surface area (Å²) < 4.78 is 0. The average molecular weight is 464 g/mol. The van der Waals surface area contributed by atoms with Gasteiger partial charge in [-0.05, 0) is 24.3 Å². The zero-order chi connectivity index (χ0) is 24.1. The van der Waals surface area contributed by atoms with Gasteiger partial charge in [-0.3, -0.25) is 19.8 Å². The Labute approximate surface area is 203 Å². The predicted molar refractivity (Wildman–Crippen MR) is 134 cm³/mol. The molecule has 1 aliphatic heterocycles. The molecule has 4 rings (SSSR count). The van der Waals surface area contributed by atoms with E-state index < -0.39 is 0 Å². The van der Waals surface area contributed by atoms with Crippen molar-refractivity contribution < 1.29 is 9.72 Å². The second-order valence-corrected chi connectivity index (χ2v) is 10.3. The summed E-state index contributed by atoms with van der Waals surface area (Å²) in [6.07, 6.45) is 5.86. The lowest BCUT2D eigenvalue weighted by atomic mass is 9.86. The van der Waals surface area contributed by atoms with Crippen LogP contribution in [0.2, 0.25) is 0 Å². The molecule has 2 atom stereocenters. The molecular formula is C28H37N3O3. The average Bonchev–Trinajstić information content (AvgIpc) is 3.25. The van der Waals surface area contributed by atoms with Crippen LogP contribution >= 0.6 is 0 Å². The normalized spacial score (nSPS) is 21.6. The number of nitro groups is 1. The van der Waals surface area contributed by atoms with E-state index >= 15 is 0 Å². The molecule has 0 radical (unpaired) electrons. The van der Waals surface area contributed by atoms with Crippen molar-refractivity contribution in [1.82, 2.24) is 9.80 Å². The number of amides is 1. The lowest BCUT2D eigenvalue weighted by Crippen LogP contribution is -2.47. The van der Waals surface area contributed by atoms with E-state index in [-0.39, 0.29) is 22.4 Å². The summed E-state index contributed by atoms with van der Waals surface area (Å²) >= 11 is 0. The molecule has 2 aromatic carbocycles. The maximum absolute atomic E-state index is 13.3. The molecule has 2 aromatic rings. The van der Waals surface area contributed by atoms with Crippen molar-refractivity contribution in [3.8, 4) is 0 Å². The Bertz CT molecular complexity index is 972. The molecule has 34 heavy (non-hydrogen) atoms. The lowest BCUT2D eigenvalue weighted by molar-refractivity contribution is -0.385. The van der Waals surface area contributed by atoms with E-state index in [2.05, 4.69) is 34.1 Å². The zero-order valence-electron chi connectivity index (χ0n) is 20.4. The van der Waals surface area contributed by atoms with Gasteiger partial charge in [0.1, 0.15) is 0 Å². The number of carbonyl (C=O) groups is 1. The highest BCUT2D eigenvalue weighted by Crippen LogP contribution is 2.36. The van der Waals surface area contributed by atoms with Crippen LogP contribution in [-0.2, 0) is 11.3 Å². The van der Waals surface area contributed by atoms with Gasteiger partial charge in [0.15, 0.2) is 0 Å².